The van der Waals surface area contributed by atoms with Crippen LogP contribution in [-0.4, -0.2) is 56.5 Å². The Morgan fingerprint density at radius 2 is 1.47 bits per heavy atom. The summed E-state index contributed by atoms with van der Waals surface area (Å²) in [4.78, 5) is 41.9. The van der Waals surface area contributed by atoms with E-state index in [1.165, 1.54) is 0 Å². The van der Waals surface area contributed by atoms with Crippen LogP contribution in [0.1, 0.15) is 12.8 Å². The van der Waals surface area contributed by atoms with Gasteiger partial charge >= 0.3 is 23.9 Å². The zero-order valence-corrected chi connectivity index (χ0v) is 8.45. The highest BCUT2D eigenvalue weighted by Gasteiger charge is 2.41. The second-order valence-corrected chi connectivity index (χ2v) is 3.14. The van der Waals surface area contributed by atoms with Gasteiger partial charge in [0.2, 0.25) is 0 Å². The Morgan fingerprint density at radius 3 is 1.82 bits per heavy atom. The number of aliphatic carboxylic acids is 3. The van der Waals surface area contributed by atoms with E-state index in [2.05, 4.69) is 4.74 Å². The smallest absolute Gasteiger partial charge is 0.341 e. The second-order valence-electron chi connectivity index (χ2n) is 3.14. The van der Waals surface area contributed by atoms with Gasteiger partial charge in [0.25, 0.3) is 0 Å². The summed E-state index contributed by atoms with van der Waals surface area (Å²) in [6.07, 6.45) is -2.35. The number of esters is 1. The topological polar surface area (TPSA) is 158 Å². The van der Waals surface area contributed by atoms with E-state index in [0.717, 1.165) is 0 Å². The number of aliphatic hydroxyl groups is 1. The molecular weight excluding hydrogens is 240 g/mol. The van der Waals surface area contributed by atoms with Crippen molar-refractivity contribution in [3.63, 3.8) is 0 Å². The Kier molecular flexibility index (Phi) is 5.06. The number of carboxylic acid groups (broad SMARTS) is 3. The molecule has 0 aromatic heterocycles. The van der Waals surface area contributed by atoms with Crippen LogP contribution in [0.5, 0.6) is 0 Å². The lowest BCUT2D eigenvalue weighted by molar-refractivity contribution is -0.173. The van der Waals surface area contributed by atoms with Crippen molar-refractivity contribution < 1.29 is 44.3 Å². The summed E-state index contributed by atoms with van der Waals surface area (Å²) < 4.78 is 4.08. The number of carbonyl (C=O) groups is 4. The number of rotatable bonds is 7. The maximum Gasteiger partial charge on any atom is 0.341 e. The molecule has 0 heterocycles. The van der Waals surface area contributed by atoms with Crippen molar-refractivity contribution in [3.05, 3.63) is 0 Å². The van der Waals surface area contributed by atoms with Gasteiger partial charge < -0.3 is 25.2 Å². The third-order valence-electron chi connectivity index (χ3n) is 1.64. The van der Waals surface area contributed by atoms with Crippen LogP contribution in [0.2, 0.25) is 0 Å². The Morgan fingerprint density at radius 1 is 0.941 bits per heavy atom. The standard InChI is InChI=1S/C8H10O9/c9-4(10)1-8(16,7(14)15)2-6(13)17-3-5(11)12/h16H,1-3H2,(H,9,10)(H,11,12)(H,14,15). The van der Waals surface area contributed by atoms with Crippen LogP contribution in [0.3, 0.4) is 0 Å². The summed E-state index contributed by atoms with van der Waals surface area (Å²) >= 11 is 0. The van der Waals surface area contributed by atoms with Gasteiger partial charge in [0.1, 0.15) is 0 Å². The zero-order chi connectivity index (χ0) is 13.6. The van der Waals surface area contributed by atoms with Gasteiger partial charge in [-0.2, -0.15) is 0 Å². The molecule has 0 bridgehead atoms. The summed E-state index contributed by atoms with van der Waals surface area (Å²) in [6.45, 7) is -0.998. The fourth-order valence-electron chi connectivity index (χ4n) is 0.896. The molecule has 1 atom stereocenters. The lowest BCUT2D eigenvalue weighted by Crippen LogP contribution is -2.43. The molecule has 9 nitrogen and oxygen atoms in total. The van der Waals surface area contributed by atoms with E-state index in [0.29, 0.717) is 0 Å². The summed E-state index contributed by atoms with van der Waals surface area (Å²) in [5.41, 5.74) is -2.82. The number of hydrogen-bond acceptors (Lipinski definition) is 6. The van der Waals surface area contributed by atoms with Gasteiger partial charge in [-0.25, -0.2) is 9.59 Å². The Balaban J connectivity index is 4.54. The van der Waals surface area contributed by atoms with Crippen LogP contribution in [0.15, 0.2) is 0 Å². The van der Waals surface area contributed by atoms with Crippen LogP contribution >= 0.6 is 0 Å². The first-order chi connectivity index (χ1) is 7.67. The van der Waals surface area contributed by atoms with E-state index in [1.807, 2.05) is 0 Å². The van der Waals surface area contributed by atoms with E-state index >= 15 is 0 Å². The Hall–Kier alpha value is -2.16. The molecule has 0 spiro atoms. The van der Waals surface area contributed by atoms with E-state index in [9.17, 15) is 24.3 Å². The van der Waals surface area contributed by atoms with Crippen molar-refractivity contribution >= 4 is 23.9 Å². The fraction of sp³-hybridized carbons (Fsp3) is 0.500. The molecule has 0 amide bonds. The van der Waals surface area contributed by atoms with Gasteiger partial charge in [0.05, 0.1) is 12.8 Å². The largest absolute Gasteiger partial charge is 0.481 e. The minimum Gasteiger partial charge on any atom is -0.481 e. The van der Waals surface area contributed by atoms with Gasteiger partial charge in [-0.1, -0.05) is 0 Å². The van der Waals surface area contributed by atoms with Gasteiger partial charge in [0.15, 0.2) is 12.2 Å². The molecule has 0 rings (SSSR count). The average Bonchev–Trinajstić information content (AvgIpc) is 2.12. The van der Waals surface area contributed by atoms with E-state index in [4.69, 9.17) is 15.3 Å². The summed E-state index contributed by atoms with van der Waals surface area (Å²) in [5, 5.41) is 34.5. The summed E-state index contributed by atoms with van der Waals surface area (Å²) in [6, 6.07) is 0. The predicted molar refractivity (Wildman–Crippen MR) is 48.1 cm³/mol. The molecule has 0 aliphatic heterocycles. The van der Waals surface area contributed by atoms with E-state index in [-0.39, 0.29) is 0 Å². The van der Waals surface area contributed by atoms with Gasteiger partial charge in [-0.05, 0) is 0 Å². The average molecular weight is 250 g/mol. The molecule has 0 aliphatic rings. The zero-order valence-electron chi connectivity index (χ0n) is 8.45. The first kappa shape index (κ1) is 14.8. The number of carboxylic acids is 3. The first-order valence-corrected chi connectivity index (χ1v) is 4.22. The molecule has 17 heavy (non-hydrogen) atoms. The summed E-state index contributed by atoms with van der Waals surface area (Å²) in [5.74, 6) is -6.32. The number of carbonyl (C=O) groups excluding carboxylic acids is 1. The maximum atomic E-state index is 10.9. The van der Waals surface area contributed by atoms with Gasteiger partial charge in [0, 0.05) is 0 Å². The second kappa shape index (κ2) is 5.80. The van der Waals surface area contributed by atoms with Crippen LogP contribution in [0, 0.1) is 0 Å². The third-order valence-corrected chi connectivity index (χ3v) is 1.64. The first-order valence-electron chi connectivity index (χ1n) is 4.22. The molecule has 0 saturated heterocycles. The van der Waals surface area contributed by atoms with Crippen LogP contribution in [0.4, 0.5) is 0 Å². The van der Waals surface area contributed by atoms with Crippen molar-refractivity contribution in [2.45, 2.75) is 18.4 Å². The minimum atomic E-state index is -2.82. The van der Waals surface area contributed by atoms with Gasteiger partial charge in [-0.3, -0.25) is 9.59 Å². The molecule has 9 heteroatoms. The monoisotopic (exact) mass is 250 g/mol. The van der Waals surface area contributed by atoms with Gasteiger partial charge in [-0.15, -0.1) is 0 Å². The lowest BCUT2D eigenvalue weighted by atomic mass is 9.96. The van der Waals surface area contributed by atoms with E-state index in [1.54, 1.807) is 0 Å². The van der Waals surface area contributed by atoms with Crippen molar-refractivity contribution in [2.75, 3.05) is 6.61 Å². The highest BCUT2D eigenvalue weighted by molar-refractivity contribution is 5.88. The molecule has 0 aliphatic carbocycles. The normalized spacial score (nSPS) is 13.5. The highest BCUT2D eigenvalue weighted by atomic mass is 16.6. The third kappa shape index (κ3) is 5.47. The molecular formula is C8H10O9. The molecule has 1 unspecified atom stereocenters. The molecule has 96 valence electrons. The lowest BCUT2D eigenvalue weighted by Gasteiger charge is -2.19. The maximum absolute atomic E-state index is 10.9. The van der Waals surface area contributed by atoms with Crippen LogP contribution in [0.25, 0.3) is 0 Å². The van der Waals surface area contributed by atoms with Crippen molar-refractivity contribution in [3.8, 4) is 0 Å². The Bertz CT molecular complexity index is 347. The van der Waals surface area contributed by atoms with E-state index < -0.39 is 48.9 Å². The summed E-state index contributed by atoms with van der Waals surface area (Å²) in [7, 11) is 0. The molecule has 0 aromatic carbocycles. The fourth-order valence-corrected chi connectivity index (χ4v) is 0.896. The quantitative estimate of drug-likeness (QED) is 0.386. The molecule has 4 N–H and O–H groups in total. The SMILES string of the molecule is O=C(O)COC(=O)CC(O)(CC(=O)O)C(=O)O. The molecule has 0 aromatic rings. The highest BCUT2D eigenvalue weighted by Crippen LogP contribution is 2.16. The molecule has 0 saturated carbocycles. The van der Waals surface area contributed by atoms with Crippen molar-refractivity contribution in [1.29, 1.82) is 0 Å². The number of ether oxygens (including phenoxy) is 1. The van der Waals surface area contributed by atoms with Crippen LogP contribution in [-0.2, 0) is 23.9 Å². The molecule has 0 fully saturated rings. The van der Waals surface area contributed by atoms with Crippen molar-refractivity contribution in [2.24, 2.45) is 0 Å². The van der Waals surface area contributed by atoms with Crippen LogP contribution < -0.4 is 0 Å². The number of hydrogen-bond donors (Lipinski definition) is 4. The Labute approximate surface area is 94.2 Å². The minimum absolute atomic E-state index is 0.998. The van der Waals surface area contributed by atoms with Crippen molar-refractivity contribution in [1.82, 2.24) is 0 Å². The predicted octanol–water partition coefficient (Wildman–Crippen LogP) is -1.71. The molecule has 0 radical (unpaired) electrons.